The molecule has 0 fully saturated rings. The summed E-state index contributed by atoms with van der Waals surface area (Å²) in [6.45, 7) is 0. The van der Waals surface area contributed by atoms with Gasteiger partial charge in [-0.05, 0) is 24.3 Å². The summed E-state index contributed by atoms with van der Waals surface area (Å²) in [7, 11) is 0. The molecular formula is C13H7F2N3O2. The lowest BCUT2D eigenvalue weighted by Gasteiger charge is -2.08. The number of nitrogens with zero attached hydrogens (tertiary/aromatic N) is 2. The van der Waals surface area contributed by atoms with Crippen molar-refractivity contribution in [2.24, 2.45) is 0 Å². The van der Waals surface area contributed by atoms with Crippen LogP contribution in [0, 0.1) is 11.6 Å². The fourth-order valence-electron chi connectivity index (χ4n) is 1.94. The minimum atomic E-state index is -0.907. The maximum Gasteiger partial charge on any atom is 0.357 e. The monoisotopic (exact) mass is 275 g/mol. The molecule has 0 bridgehead atoms. The van der Waals surface area contributed by atoms with E-state index in [2.05, 4.69) is 9.97 Å². The van der Waals surface area contributed by atoms with Crippen LogP contribution in [0.4, 0.5) is 8.78 Å². The third-order valence-electron chi connectivity index (χ3n) is 2.77. The summed E-state index contributed by atoms with van der Waals surface area (Å²) in [6, 6.07) is 5.47. The number of hydrogen-bond donors (Lipinski definition) is 1. The van der Waals surface area contributed by atoms with Crippen molar-refractivity contribution in [2.45, 2.75) is 0 Å². The molecule has 0 aliphatic carbocycles. The van der Waals surface area contributed by atoms with Crippen LogP contribution in [-0.4, -0.2) is 14.5 Å². The normalized spacial score (nSPS) is 10.9. The van der Waals surface area contributed by atoms with Crippen molar-refractivity contribution < 1.29 is 8.78 Å². The number of aromatic amines is 1. The predicted octanol–water partition coefficient (Wildman–Crippen LogP) is 1.30. The highest BCUT2D eigenvalue weighted by Crippen LogP contribution is 2.12. The molecule has 0 aromatic heterocycles. The van der Waals surface area contributed by atoms with E-state index in [4.69, 9.17) is 0 Å². The molecule has 2 aliphatic rings. The van der Waals surface area contributed by atoms with Gasteiger partial charge in [-0.15, -0.1) is 0 Å². The number of fused-ring (bicyclic) bond motifs is 1. The number of benzene rings is 1. The van der Waals surface area contributed by atoms with Crippen LogP contribution in [0.5, 0.6) is 0 Å². The van der Waals surface area contributed by atoms with Gasteiger partial charge >= 0.3 is 5.69 Å². The molecule has 1 aromatic carbocycles. The number of halogens is 2. The van der Waals surface area contributed by atoms with Gasteiger partial charge in [0.05, 0.1) is 11.3 Å². The van der Waals surface area contributed by atoms with E-state index in [0.717, 1.165) is 12.1 Å². The van der Waals surface area contributed by atoms with Crippen molar-refractivity contribution in [2.75, 3.05) is 0 Å². The van der Waals surface area contributed by atoms with E-state index in [9.17, 15) is 18.4 Å². The number of nitrogens with one attached hydrogen (secondary N) is 1. The summed E-state index contributed by atoms with van der Waals surface area (Å²) in [6.07, 6.45) is 1.51. The lowest BCUT2D eigenvalue weighted by Crippen LogP contribution is -2.35. The standard InChI is InChI=1S/C13H7F2N3O2/c14-7-4-8(15)6-9(5-7)18-12(19)10-2-1-3-16-11(10)17-13(18)20/h1-6H,(H,16,17,20). The molecule has 5 nitrogen and oxygen atoms in total. The van der Waals surface area contributed by atoms with Gasteiger partial charge in [-0.3, -0.25) is 4.79 Å². The Kier molecular flexibility index (Phi) is 2.67. The first kappa shape index (κ1) is 12.2. The number of H-pyrrole nitrogens is 1. The van der Waals surface area contributed by atoms with Gasteiger partial charge in [0.25, 0.3) is 5.56 Å². The Bertz CT molecular complexity index is 865. The van der Waals surface area contributed by atoms with Crippen molar-refractivity contribution in [3.63, 3.8) is 0 Å². The Morgan fingerprint density at radius 2 is 1.80 bits per heavy atom. The molecule has 0 unspecified atom stereocenters. The second-order valence-corrected chi connectivity index (χ2v) is 4.09. The predicted molar refractivity (Wildman–Crippen MR) is 67.0 cm³/mol. The smallest absolute Gasteiger partial charge is 0.346 e. The fraction of sp³-hybridized carbons (Fsp3) is 0. The van der Waals surface area contributed by atoms with Gasteiger partial charge in [-0.1, -0.05) is 0 Å². The van der Waals surface area contributed by atoms with E-state index in [0.29, 0.717) is 10.6 Å². The van der Waals surface area contributed by atoms with E-state index in [-0.39, 0.29) is 17.1 Å². The largest absolute Gasteiger partial charge is 0.357 e. The molecule has 1 N–H and O–H groups in total. The molecule has 0 saturated carbocycles. The van der Waals surface area contributed by atoms with Crippen LogP contribution in [-0.2, 0) is 0 Å². The molecule has 0 amide bonds. The Morgan fingerprint density at radius 3 is 2.50 bits per heavy atom. The molecule has 2 heterocycles. The highest BCUT2D eigenvalue weighted by molar-refractivity contribution is 5.54. The highest BCUT2D eigenvalue weighted by Gasteiger charge is 2.16. The quantitative estimate of drug-likeness (QED) is 0.728. The Balaban J connectivity index is 2.40. The zero-order valence-electron chi connectivity index (χ0n) is 9.93. The van der Waals surface area contributed by atoms with E-state index in [1.165, 1.54) is 12.3 Å². The number of pyridine rings is 1. The van der Waals surface area contributed by atoms with Crippen LogP contribution in [0.15, 0.2) is 46.1 Å². The Morgan fingerprint density at radius 1 is 1.10 bits per heavy atom. The van der Waals surface area contributed by atoms with Crippen molar-refractivity contribution in [1.82, 2.24) is 14.5 Å². The SMILES string of the molecule is O=c1nc2[nH]cccc-2c(=O)n1-c1cc(F)cc(F)c1. The molecule has 3 rings (SSSR count). The average molecular weight is 275 g/mol. The first-order valence-electron chi connectivity index (χ1n) is 5.63. The zero-order chi connectivity index (χ0) is 14.3. The second kappa shape index (κ2) is 4.37. The molecule has 0 atom stereocenters. The van der Waals surface area contributed by atoms with Crippen LogP contribution in [0.1, 0.15) is 0 Å². The molecule has 20 heavy (non-hydrogen) atoms. The summed E-state index contributed by atoms with van der Waals surface area (Å²) in [5.41, 5.74) is -1.65. The molecule has 0 saturated heterocycles. The van der Waals surface area contributed by atoms with Crippen LogP contribution < -0.4 is 11.2 Å². The minimum absolute atomic E-state index is 0.121. The summed E-state index contributed by atoms with van der Waals surface area (Å²) in [5, 5.41) is 0. The summed E-state index contributed by atoms with van der Waals surface area (Å²) >= 11 is 0. The number of aromatic nitrogens is 3. The van der Waals surface area contributed by atoms with E-state index < -0.39 is 22.9 Å². The van der Waals surface area contributed by atoms with Crippen molar-refractivity contribution in [1.29, 1.82) is 0 Å². The highest BCUT2D eigenvalue weighted by atomic mass is 19.1. The second-order valence-electron chi connectivity index (χ2n) is 4.09. The zero-order valence-corrected chi connectivity index (χ0v) is 9.93. The van der Waals surface area contributed by atoms with Crippen molar-refractivity contribution in [3.8, 4) is 17.1 Å². The van der Waals surface area contributed by atoms with E-state index >= 15 is 0 Å². The Labute approximate surface area is 110 Å². The van der Waals surface area contributed by atoms with Crippen LogP contribution in [0.2, 0.25) is 0 Å². The van der Waals surface area contributed by atoms with Crippen LogP contribution in [0.3, 0.4) is 0 Å². The molecule has 0 radical (unpaired) electrons. The van der Waals surface area contributed by atoms with Crippen molar-refractivity contribution >= 4 is 0 Å². The van der Waals surface area contributed by atoms with Crippen LogP contribution >= 0.6 is 0 Å². The molecule has 7 heteroatoms. The molecular weight excluding hydrogens is 268 g/mol. The molecule has 100 valence electrons. The first-order chi connectivity index (χ1) is 9.56. The van der Waals surface area contributed by atoms with Gasteiger partial charge in [-0.2, -0.15) is 4.98 Å². The van der Waals surface area contributed by atoms with Gasteiger partial charge in [0.1, 0.15) is 17.5 Å². The number of hydrogen-bond acceptors (Lipinski definition) is 3. The van der Waals surface area contributed by atoms with E-state index in [1.807, 2.05) is 0 Å². The van der Waals surface area contributed by atoms with Gasteiger partial charge in [0.2, 0.25) is 0 Å². The van der Waals surface area contributed by atoms with E-state index in [1.54, 1.807) is 6.07 Å². The summed E-state index contributed by atoms with van der Waals surface area (Å²) in [5.74, 6) is -1.65. The lowest BCUT2D eigenvalue weighted by atomic mass is 10.2. The first-order valence-corrected chi connectivity index (χ1v) is 5.63. The van der Waals surface area contributed by atoms with Crippen LogP contribution in [0.25, 0.3) is 17.1 Å². The fourth-order valence-corrected chi connectivity index (χ4v) is 1.94. The minimum Gasteiger partial charge on any atom is -0.346 e. The Hall–Kier alpha value is -2.83. The molecule has 2 aliphatic heterocycles. The van der Waals surface area contributed by atoms with Crippen molar-refractivity contribution in [3.05, 3.63) is 69.0 Å². The van der Waals surface area contributed by atoms with Gasteiger partial charge in [0, 0.05) is 12.3 Å². The third-order valence-corrected chi connectivity index (χ3v) is 2.77. The lowest BCUT2D eigenvalue weighted by molar-refractivity contribution is 0.580. The van der Waals surface area contributed by atoms with Gasteiger partial charge in [0.15, 0.2) is 0 Å². The summed E-state index contributed by atoms with van der Waals surface area (Å²) in [4.78, 5) is 30.4. The number of rotatable bonds is 1. The topological polar surface area (TPSA) is 67.8 Å². The average Bonchev–Trinajstić information content (AvgIpc) is 2.37. The molecule has 1 aromatic rings. The van der Waals surface area contributed by atoms with Gasteiger partial charge in [-0.25, -0.2) is 18.1 Å². The molecule has 0 spiro atoms. The summed E-state index contributed by atoms with van der Waals surface area (Å²) < 4.78 is 27.0. The third kappa shape index (κ3) is 1.89. The maximum absolute atomic E-state index is 13.2. The maximum atomic E-state index is 13.2. The van der Waals surface area contributed by atoms with Gasteiger partial charge < -0.3 is 4.98 Å².